The molecule has 9 nitrogen and oxygen atoms in total. The fourth-order valence-corrected chi connectivity index (χ4v) is 4.10. The first kappa shape index (κ1) is 28.7. The summed E-state index contributed by atoms with van der Waals surface area (Å²) >= 11 is 0. The Morgan fingerprint density at radius 1 is 0.806 bits per heavy atom. The summed E-state index contributed by atoms with van der Waals surface area (Å²) in [6.07, 6.45) is 5.09. The number of sulfone groups is 1. The molecule has 0 aliphatic heterocycles. The van der Waals surface area contributed by atoms with Crippen LogP contribution in [0.5, 0.6) is 0 Å². The summed E-state index contributed by atoms with van der Waals surface area (Å²) in [7, 11) is -3.40. The van der Waals surface area contributed by atoms with E-state index < -0.39 is 21.8 Å². The summed E-state index contributed by atoms with van der Waals surface area (Å²) in [5, 5.41) is 2.35. The quantitative estimate of drug-likeness (QED) is 0.0827. The van der Waals surface area contributed by atoms with Gasteiger partial charge in [0, 0.05) is 18.8 Å². The number of rotatable bonds is 15. The molecule has 0 radical (unpaired) electrons. The lowest BCUT2D eigenvalue weighted by Gasteiger charge is -2.16. The average Bonchev–Trinajstić information content (AvgIpc) is 2.85. The van der Waals surface area contributed by atoms with Crippen LogP contribution in [-0.2, 0) is 33.7 Å². The summed E-state index contributed by atoms with van der Waals surface area (Å²) in [5.74, 6) is -1.09. The maximum atomic E-state index is 13.3. The Labute approximate surface area is 211 Å². The number of benzene rings is 2. The van der Waals surface area contributed by atoms with E-state index in [1.807, 2.05) is 6.07 Å². The molecule has 0 heterocycles. The lowest BCUT2D eigenvalue weighted by atomic mass is 9.95. The van der Waals surface area contributed by atoms with Crippen LogP contribution < -0.4 is 0 Å². The second-order valence-electron chi connectivity index (χ2n) is 8.11. The molecule has 0 atom stereocenters. The zero-order valence-corrected chi connectivity index (χ0v) is 21.3. The van der Waals surface area contributed by atoms with Crippen molar-refractivity contribution in [3.8, 4) is 0 Å². The normalized spacial score (nSPS) is 11.8. The van der Waals surface area contributed by atoms with Gasteiger partial charge in [-0.15, -0.1) is 4.91 Å². The van der Waals surface area contributed by atoms with Gasteiger partial charge in [-0.25, -0.2) is 13.2 Å². The minimum Gasteiger partial charge on any atom is -0.462 e. The van der Waals surface area contributed by atoms with Gasteiger partial charge in [-0.1, -0.05) is 55.3 Å². The molecule has 0 unspecified atom stereocenters. The third-order valence-electron chi connectivity index (χ3n) is 5.28. The first-order valence-electron chi connectivity index (χ1n) is 11.6. The van der Waals surface area contributed by atoms with E-state index in [1.54, 1.807) is 36.4 Å². The largest absolute Gasteiger partial charge is 0.462 e. The van der Waals surface area contributed by atoms with E-state index in [9.17, 15) is 22.9 Å². The third kappa shape index (κ3) is 9.61. The second-order valence-corrected chi connectivity index (χ2v) is 10.1. The summed E-state index contributed by atoms with van der Waals surface area (Å²) in [4.78, 5) is 39.3. The molecule has 0 fully saturated rings. The molecule has 0 saturated carbocycles. The van der Waals surface area contributed by atoms with Crippen molar-refractivity contribution in [1.29, 1.82) is 0 Å². The van der Waals surface area contributed by atoms with Crippen LogP contribution >= 0.6 is 0 Å². The van der Waals surface area contributed by atoms with E-state index in [0.29, 0.717) is 29.7 Å². The number of carbonyl (C=O) groups excluding carboxylic acids is 2. The first-order valence-corrected chi connectivity index (χ1v) is 13.5. The van der Waals surface area contributed by atoms with Gasteiger partial charge in [-0.3, -0.25) is 4.79 Å². The molecular weight excluding hydrogens is 486 g/mol. The molecule has 10 heteroatoms. The predicted octanol–water partition coefficient (Wildman–Crippen LogP) is 4.76. The lowest BCUT2D eigenvalue weighted by Crippen LogP contribution is -2.14. The van der Waals surface area contributed by atoms with E-state index in [1.165, 1.54) is 19.1 Å². The number of nitrogens with zero attached hydrogens (tertiary/aromatic N) is 1. The molecule has 0 aliphatic rings. The third-order valence-corrected chi connectivity index (χ3v) is 6.41. The van der Waals surface area contributed by atoms with E-state index in [-0.39, 0.29) is 23.7 Å². The van der Waals surface area contributed by atoms with Crippen molar-refractivity contribution in [1.82, 2.24) is 0 Å². The standard InChI is InChI=1S/C26H31NO8S/c1-20(28)34-19-24(21-13-15-23(16-14-21)36(2,31)32)25(22-11-7-6-8-12-22)26(29)33-17-9-4-3-5-10-18-35-27-30/h6-8,11-16H,3-5,9-10,17-19H2,1-2H3/b25-24+. The fraction of sp³-hybridized carbons (Fsp3) is 0.385. The molecule has 2 aromatic carbocycles. The summed E-state index contributed by atoms with van der Waals surface area (Å²) in [6.45, 7) is 1.58. The zero-order valence-electron chi connectivity index (χ0n) is 20.5. The molecule has 0 aromatic heterocycles. The van der Waals surface area contributed by atoms with Gasteiger partial charge in [-0.2, -0.15) is 0 Å². The molecule has 2 aromatic rings. The highest BCUT2D eigenvalue weighted by Gasteiger charge is 2.22. The maximum absolute atomic E-state index is 13.3. The number of hydrogen-bond donors (Lipinski definition) is 0. The van der Waals surface area contributed by atoms with Crippen LogP contribution in [0.3, 0.4) is 0 Å². The molecule has 0 bridgehead atoms. The molecule has 0 spiro atoms. The van der Waals surface area contributed by atoms with Crippen LogP contribution in [0.1, 0.15) is 50.2 Å². The van der Waals surface area contributed by atoms with Crippen molar-refractivity contribution in [3.05, 3.63) is 70.6 Å². The Hall–Kier alpha value is -3.53. The van der Waals surface area contributed by atoms with Crippen LogP contribution in [0.25, 0.3) is 11.1 Å². The highest BCUT2D eigenvalue weighted by Crippen LogP contribution is 2.29. The summed E-state index contributed by atoms with van der Waals surface area (Å²) in [5.41, 5.74) is 1.76. The maximum Gasteiger partial charge on any atom is 0.339 e. The van der Waals surface area contributed by atoms with Gasteiger partial charge in [0.25, 0.3) is 0 Å². The second kappa shape index (κ2) is 14.8. The van der Waals surface area contributed by atoms with Gasteiger partial charge in [0.05, 0.1) is 17.1 Å². The van der Waals surface area contributed by atoms with Crippen molar-refractivity contribution < 1.29 is 32.3 Å². The van der Waals surface area contributed by atoms with E-state index in [4.69, 9.17) is 9.47 Å². The fourth-order valence-electron chi connectivity index (χ4n) is 3.47. The monoisotopic (exact) mass is 517 g/mol. The van der Waals surface area contributed by atoms with Gasteiger partial charge in [-0.05, 0) is 42.5 Å². The van der Waals surface area contributed by atoms with E-state index >= 15 is 0 Å². The Bertz CT molecular complexity index is 1140. The molecule has 0 aliphatic carbocycles. The Balaban J connectivity index is 2.27. The van der Waals surface area contributed by atoms with Gasteiger partial charge < -0.3 is 14.3 Å². The van der Waals surface area contributed by atoms with Gasteiger partial charge in [0.2, 0.25) is 0 Å². The number of esters is 2. The van der Waals surface area contributed by atoms with Gasteiger partial charge in [0.15, 0.2) is 15.2 Å². The topological polar surface area (TPSA) is 125 Å². The number of carbonyl (C=O) groups is 2. The van der Waals surface area contributed by atoms with Crippen LogP contribution in [0.4, 0.5) is 0 Å². The SMILES string of the molecule is CC(=O)OC/C(=C(\C(=O)OCCCCCCCON=O)c1ccccc1)c1ccc(S(C)(=O)=O)cc1. The number of unbranched alkanes of at least 4 members (excludes halogenated alkanes) is 4. The highest BCUT2D eigenvalue weighted by atomic mass is 32.2. The van der Waals surface area contributed by atoms with Crippen LogP contribution in [0.2, 0.25) is 0 Å². The Morgan fingerprint density at radius 3 is 2.00 bits per heavy atom. The summed E-state index contributed by atoms with van der Waals surface area (Å²) in [6, 6.07) is 14.9. The Kier molecular flexibility index (Phi) is 11.8. The predicted molar refractivity (Wildman–Crippen MR) is 135 cm³/mol. The van der Waals surface area contributed by atoms with E-state index in [2.05, 4.69) is 10.2 Å². The molecular formula is C26H31NO8S. The van der Waals surface area contributed by atoms with Gasteiger partial charge in [0.1, 0.15) is 13.2 Å². The number of ether oxygens (including phenoxy) is 2. The smallest absolute Gasteiger partial charge is 0.339 e. The highest BCUT2D eigenvalue weighted by molar-refractivity contribution is 7.90. The van der Waals surface area contributed by atoms with Crippen molar-refractivity contribution in [2.24, 2.45) is 5.34 Å². The molecule has 0 amide bonds. The average molecular weight is 518 g/mol. The zero-order chi connectivity index (χ0) is 26.4. The first-order chi connectivity index (χ1) is 17.2. The van der Waals surface area contributed by atoms with Crippen LogP contribution in [-0.4, -0.2) is 46.4 Å². The molecule has 36 heavy (non-hydrogen) atoms. The lowest BCUT2D eigenvalue weighted by molar-refractivity contribution is -0.140. The van der Waals surface area contributed by atoms with Crippen molar-refractivity contribution in [2.45, 2.75) is 43.9 Å². The number of hydrogen-bond acceptors (Lipinski definition) is 9. The van der Waals surface area contributed by atoms with Gasteiger partial charge >= 0.3 is 11.9 Å². The Morgan fingerprint density at radius 2 is 1.42 bits per heavy atom. The van der Waals surface area contributed by atoms with Crippen LogP contribution in [0.15, 0.2) is 64.8 Å². The molecule has 0 saturated heterocycles. The van der Waals surface area contributed by atoms with Crippen LogP contribution in [0, 0.1) is 4.91 Å². The molecule has 194 valence electrons. The van der Waals surface area contributed by atoms with Crippen molar-refractivity contribution in [3.63, 3.8) is 0 Å². The minimum absolute atomic E-state index is 0.135. The summed E-state index contributed by atoms with van der Waals surface area (Å²) < 4.78 is 34.6. The molecule has 2 rings (SSSR count). The van der Waals surface area contributed by atoms with E-state index in [0.717, 1.165) is 31.9 Å². The molecule has 0 N–H and O–H groups in total. The van der Waals surface area contributed by atoms with Crippen molar-refractivity contribution >= 4 is 32.9 Å². The van der Waals surface area contributed by atoms with Crippen molar-refractivity contribution in [2.75, 3.05) is 26.1 Å². The minimum atomic E-state index is -3.40.